The molecule has 3 amide bonds. The SMILES string of the molecule is CCCCNC(=O)CN1C(=O)S/C(=C\c2ccc(CC)cc2)C1=O. The first-order valence-corrected chi connectivity index (χ1v) is 8.97. The number of unbranched alkanes of at least 4 members (excludes halogenated alkanes) is 1. The van der Waals surface area contributed by atoms with Gasteiger partial charge in [-0.15, -0.1) is 0 Å². The Kier molecular flexibility index (Phi) is 6.61. The molecule has 0 saturated carbocycles. The minimum atomic E-state index is -0.407. The third-order valence-corrected chi connectivity index (χ3v) is 4.62. The molecule has 0 unspecified atom stereocenters. The maximum atomic E-state index is 12.3. The van der Waals surface area contributed by atoms with E-state index in [-0.39, 0.29) is 12.5 Å². The van der Waals surface area contributed by atoms with E-state index in [4.69, 9.17) is 0 Å². The molecule has 1 aliphatic rings. The lowest BCUT2D eigenvalue weighted by Crippen LogP contribution is -2.39. The van der Waals surface area contributed by atoms with Gasteiger partial charge in [0.1, 0.15) is 6.54 Å². The predicted octanol–water partition coefficient (Wildman–Crippen LogP) is 3.20. The first-order valence-electron chi connectivity index (χ1n) is 8.16. The van der Waals surface area contributed by atoms with Crippen molar-refractivity contribution in [1.29, 1.82) is 0 Å². The number of benzene rings is 1. The van der Waals surface area contributed by atoms with Gasteiger partial charge in [0, 0.05) is 6.54 Å². The minimum Gasteiger partial charge on any atom is -0.355 e. The maximum absolute atomic E-state index is 12.3. The molecule has 1 aromatic rings. The molecule has 0 bridgehead atoms. The molecule has 5 nitrogen and oxygen atoms in total. The van der Waals surface area contributed by atoms with Crippen molar-refractivity contribution in [3.8, 4) is 0 Å². The van der Waals surface area contributed by atoms with Crippen LogP contribution in [0.1, 0.15) is 37.8 Å². The lowest BCUT2D eigenvalue weighted by Gasteiger charge is -2.12. The maximum Gasteiger partial charge on any atom is 0.294 e. The molecule has 6 heteroatoms. The lowest BCUT2D eigenvalue weighted by atomic mass is 10.1. The van der Waals surface area contributed by atoms with E-state index in [0.29, 0.717) is 11.4 Å². The third kappa shape index (κ3) is 4.71. The van der Waals surface area contributed by atoms with E-state index in [2.05, 4.69) is 12.2 Å². The average molecular weight is 346 g/mol. The van der Waals surface area contributed by atoms with Crippen molar-refractivity contribution in [2.24, 2.45) is 0 Å². The zero-order valence-electron chi connectivity index (χ0n) is 14.0. The highest BCUT2D eigenvalue weighted by Crippen LogP contribution is 2.31. The van der Waals surface area contributed by atoms with Gasteiger partial charge in [-0.2, -0.15) is 0 Å². The number of nitrogens with one attached hydrogen (secondary N) is 1. The summed E-state index contributed by atoms with van der Waals surface area (Å²) in [6.07, 6.45) is 4.49. The molecule has 24 heavy (non-hydrogen) atoms. The number of carbonyl (C=O) groups excluding carboxylic acids is 3. The number of imide groups is 1. The topological polar surface area (TPSA) is 66.5 Å². The molecule has 1 saturated heterocycles. The van der Waals surface area contributed by atoms with E-state index in [9.17, 15) is 14.4 Å². The Hall–Kier alpha value is -2.08. The van der Waals surface area contributed by atoms with Crippen molar-refractivity contribution in [2.45, 2.75) is 33.1 Å². The van der Waals surface area contributed by atoms with Crippen LogP contribution in [0.15, 0.2) is 29.2 Å². The Bertz CT molecular complexity index is 653. The Morgan fingerprint density at radius 3 is 2.54 bits per heavy atom. The molecule has 2 rings (SSSR count). The van der Waals surface area contributed by atoms with Crippen LogP contribution in [0.5, 0.6) is 0 Å². The Balaban J connectivity index is 2.02. The first kappa shape index (κ1) is 18.3. The average Bonchev–Trinajstić information content (AvgIpc) is 2.83. The van der Waals surface area contributed by atoms with Gasteiger partial charge in [0.2, 0.25) is 5.91 Å². The first-order chi connectivity index (χ1) is 11.5. The van der Waals surface area contributed by atoms with Gasteiger partial charge in [-0.1, -0.05) is 44.5 Å². The number of thioether (sulfide) groups is 1. The van der Waals surface area contributed by atoms with Crippen molar-refractivity contribution in [3.05, 3.63) is 40.3 Å². The summed E-state index contributed by atoms with van der Waals surface area (Å²) < 4.78 is 0. The van der Waals surface area contributed by atoms with E-state index < -0.39 is 11.1 Å². The largest absolute Gasteiger partial charge is 0.355 e. The molecule has 0 radical (unpaired) electrons. The molecule has 1 aliphatic heterocycles. The Morgan fingerprint density at radius 1 is 1.21 bits per heavy atom. The van der Waals surface area contributed by atoms with Gasteiger partial charge in [-0.05, 0) is 41.8 Å². The van der Waals surface area contributed by atoms with Gasteiger partial charge in [0.05, 0.1) is 4.91 Å². The van der Waals surface area contributed by atoms with Gasteiger partial charge < -0.3 is 5.32 Å². The van der Waals surface area contributed by atoms with Crippen LogP contribution in [0, 0.1) is 0 Å². The fraction of sp³-hybridized carbons (Fsp3) is 0.389. The molecule has 0 aromatic heterocycles. The quantitative estimate of drug-likeness (QED) is 0.608. The highest BCUT2D eigenvalue weighted by atomic mass is 32.2. The van der Waals surface area contributed by atoms with Gasteiger partial charge in [-0.25, -0.2) is 0 Å². The second-order valence-electron chi connectivity index (χ2n) is 5.57. The second-order valence-corrected chi connectivity index (χ2v) is 6.56. The highest BCUT2D eigenvalue weighted by Gasteiger charge is 2.36. The molecule has 1 aromatic carbocycles. The summed E-state index contributed by atoms with van der Waals surface area (Å²) >= 11 is 0.875. The summed E-state index contributed by atoms with van der Waals surface area (Å²) in [4.78, 5) is 37.5. The third-order valence-electron chi connectivity index (χ3n) is 3.71. The van der Waals surface area contributed by atoms with E-state index >= 15 is 0 Å². The summed E-state index contributed by atoms with van der Waals surface area (Å²) in [6.45, 7) is 4.44. The Labute approximate surface area is 146 Å². The van der Waals surface area contributed by atoms with Crippen LogP contribution in [0.4, 0.5) is 4.79 Å². The van der Waals surface area contributed by atoms with E-state index in [1.807, 2.05) is 31.2 Å². The summed E-state index contributed by atoms with van der Waals surface area (Å²) in [6, 6.07) is 7.84. The standard InChI is InChI=1S/C18H22N2O3S/c1-3-5-10-19-16(21)12-20-17(22)15(24-18(20)23)11-14-8-6-13(4-2)7-9-14/h6-9,11H,3-5,10,12H2,1-2H3,(H,19,21)/b15-11-. The summed E-state index contributed by atoms with van der Waals surface area (Å²) in [7, 11) is 0. The van der Waals surface area contributed by atoms with Crippen LogP contribution in [0.2, 0.25) is 0 Å². The summed E-state index contributed by atoms with van der Waals surface area (Å²) in [5, 5.41) is 2.31. The van der Waals surface area contributed by atoms with Crippen LogP contribution in [-0.2, 0) is 16.0 Å². The predicted molar refractivity (Wildman–Crippen MR) is 96.4 cm³/mol. The van der Waals surface area contributed by atoms with Crippen molar-refractivity contribution in [1.82, 2.24) is 10.2 Å². The number of carbonyl (C=O) groups is 3. The van der Waals surface area contributed by atoms with Gasteiger partial charge >= 0.3 is 0 Å². The highest BCUT2D eigenvalue weighted by molar-refractivity contribution is 8.18. The van der Waals surface area contributed by atoms with Crippen LogP contribution < -0.4 is 5.32 Å². The molecule has 0 spiro atoms. The molecule has 1 N–H and O–H groups in total. The summed E-state index contributed by atoms with van der Waals surface area (Å²) in [5.41, 5.74) is 2.08. The molecular formula is C18H22N2O3S. The van der Waals surface area contributed by atoms with Crippen LogP contribution in [-0.4, -0.2) is 35.0 Å². The fourth-order valence-corrected chi connectivity index (χ4v) is 3.08. The zero-order valence-corrected chi connectivity index (χ0v) is 14.8. The summed E-state index contributed by atoms with van der Waals surface area (Å²) in [5.74, 6) is -0.713. The number of amides is 3. The fourth-order valence-electron chi connectivity index (χ4n) is 2.24. The second kappa shape index (κ2) is 8.68. The van der Waals surface area contributed by atoms with Gasteiger partial charge in [0.25, 0.3) is 11.1 Å². The normalized spacial score (nSPS) is 16.1. The molecule has 0 atom stereocenters. The molecular weight excluding hydrogens is 324 g/mol. The molecule has 128 valence electrons. The number of hydrogen-bond acceptors (Lipinski definition) is 4. The molecule has 1 fully saturated rings. The Morgan fingerprint density at radius 2 is 1.92 bits per heavy atom. The van der Waals surface area contributed by atoms with Gasteiger partial charge in [0.15, 0.2) is 0 Å². The van der Waals surface area contributed by atoms with Crippen LogP contribution >= 0.6 is 11.8 Å². The molecule has 0 aliphatic carbocycles. The van der Waals surface area contributed by atoms with Crippen molar-refractivity contribution >= 4 is 34.9 Å². The monoisotopic (exact) mass is 346 g/mol. The lowest BCUT2D eigenvalue weighted by molar-refractivity contribution is -0.129. The van der Waals surface area contributed by atoms with E-state index in [0.717, 1.165) is 41.5 Å². The molecule has 1 heterocycles. The van der Waals surface area contributed by atoms with Crippen molar-refractivity contribution in [2.75, 3.05) is 13.1 Å². The van der Waals surface area contributed by atoms with Crippen molar-refractivity contribution in [3.63, 3.8) is 0 Å². The number of rotatable bonds is 7. The van der Waals surface area contributed by atoms with Crippen LogP contribution in [0.25, 0.3) is 6.08 Å². The zero-order chi connectivity index (χ0) is 17.5. The number of nitrogens with zero attached hydrogens (tertiary/aromatic N) is 1. The van der Waals surface area contributed by atoms with Gasteiger partial charge in [-0.3, -0.25) is 19.3 Å². The van der Waals surface area contributed by atoms with E-state index in [1.165, 1.54) is 5.56 Å². The van der Waals surface area contributed by atoms with Crippen molar-refractivity contribution < 1.29 is 14.4 Å². The van der Waals surface area contributed by atoms with Crippen LogP contribution in [0.3, 0.4) is 0 Å². The smallest absolute Gasteiger partial charge is 0.294 e. The number of aryl methyl sites for hydroxylation is 1. The minimum absolute atomic E-state index is 0.222. The number of hydrogen-bond donors (Lipinski definition) is 1. The van der Waals surface area contributed by atoms with E-state index in [1.54, 1.807) is 6.08 Å².